The Morgan fingerprint density at radius 1 is 1.19 bits per heavy atom. The lowest BCUT2D eigenvalue weighted by Gasteiger charge is -2.45. The van der Waals surface area contributed by atoms with Crippen LogP contribution in [0, 0.1) is 0 Å². The average Bonchev–Trinajstić information content (AvgIpc) is 2.96. The highest BCUT2D eigenvalue weighted by molar-refractivity contribution is 6.42. The Kier molecular flexibility index (Phi) is 5.96. The van der Waals surface area contributed by atoms with Crippen LogP contribution in [-0.2, 0) is 6.42 Å². The van der Waals surface area contributed by atoms with Crippen LogP contribution in [0.15, 0.2) is 18.2 Å². The number of nitrogens with two attached hydrogens (primary N) is 1. The predicted octanol–water partition coefficient (Wildman–Crippen LogP) is 4.52. The first-order valence-corrected chi connectivity index (χ1v) is 8.74. The lowest BCUT2D eigenvalue weighted by atomic mass is 9.83. The van der Waals surface area contributed by atoms with Gasteiger partial charge in [0.2, 0.25) is 0 Å². The molecule has 0 bridgehead atoms. The minimum absolute atomic E-state index is 0.0934. The van der Waals surface area contributed by atoms with Gasteiger partial charge in [0.1, 0.15) is 0 Å². The molecule has 0 radical (unpaired) electrons. The Morgan fingerprint density at radius 3 is 2.38 bits per heavy atom. The summed E-state index contributed by atoms with van der Waals surface area (Å²) in [5.74, 6) is 0. The van der Waals surface area contributed by atoms with E-state index in [9.17, 15) is 0 Å². The molecule has 21 heavy (non-hydrogen) atoms. The van der Waals surface area contributed by atoms with Crippen LogP contribution in [-0.4, -0.2) is 29.6 Å². The van der Waals surface area contributed by atoms with E-state index in [4.69, 9.17) is 28.9 Å². The van der Waals surface area contributed by atoms with Crippen molar-refractivity contribution in [3.63, 3.8) is 0 Å². The van der Waals surface area contributed by atoms with Crippen molar-refractivity contribution < 1.29 is 0 Å². The molecule has 0 spiro atoms. The monoisotopic (exact) mass is 328 g/mol. The Balaban J connectivity index is 2.23. The van der Waals surface area contributed by atoms with Crippen LogP contribution in [0.5, 0.6) is 0 Å². The van der Waals surface area contributed by atoms with E-state index in [0.717, 1.165) is 25.1 Å². The van der Waals surface area contributed by atoms with Gasteiger partial charge in [-0.05, 0) is 44.0 Å². The summed E-state index contributed by atoms with van der Waals surface area (Å²) in [6.45, 7) is 6.55. The molecule has 1 fully saturated rings. The van der Waals surface area contributed by atoms with Crippen molar-refractivity contribution in [3.05, 3.63) is 33.8 Å². The zero-order valence-electron chi connectivity index (χ0n) is 13.0. The maximum absolute atomic E-state index is 6.67. The first-order chi connectivity index (χ1) is 10.0. The zero-order valence-corrected chi connectivity index (χ0v) is 14.6. The Labute approximate surface area is 138 Å². The van der Waals surface area contributed by atoms with Gasteiger partial charge in [-0.2, -0.15) is 0 Å². The number of hydrogen-bond donors (Lipinski definition) is 1. The minimum atomic E-state index is 0.0934. The summed E-state index contributed by atoms with van der Waals surface area (Å²) in [4.78, 5) is 2.54. The van der Waals surface area contributed by atoms with Gasteiger partial charge in [-0.15, -0.1) is 0 Å². The third kappa shape index (κ3) is 3.39. The molecule has 1 aromatic carbocycles. The van der Waals surface area contributed by atoms with E-state index in [0.29, 0.717) is 10.0 Å². The van der Waals surface area contributed by atoms with Crippen LogP contribution in [0.25, 0.3) is 0 Å². The molecule has 1 aliphatic carbocycles. The van der Waals surface area contributed by atoms with Gasteiger partial charge in [0.25, 0.3) is 0 Å². The number of halogens is 2. The first-order valence-electron chi connectivity index (χ1n) is 7.98. The van der Waals surface area contributed by atoms with E-state index < -0.39 is 0 Å². The molecule has 1 aliphatic rings. The highest BCUT2D eigenvalue weighted by Gasteiger charge is 2.43. The largest absolute Gasteiger partial charge is 0.326 e. The summed E-state index contributed by atoms with van der Waals surface area (Å²) in [6, 6.07) is 5.92. The first kappa shape index (κ1) is 17.1. The van der Waals surface area contributed by atoms with Crippen molar-refractivity contribution >= 4 is 23.2 Å². The molecule has 0 aliphatic heterocycles. The second kappa shape index (κ2) is 7.32. The lowest BCUT2D eigenvalue weighted by Crippen LogP contribution is -2.59. The van der Waals surface area contributed by atoms with Crippen molar-refractivity contribution in [2.45, 2.75) is 57.5 Å². The van der Waals surface area contributed by atoms with Gasteiger partial charge < -0.3 is 5.73 Å². The maximum Gasteiger partial charge on any atom is 0.0624 e. The summed E-state index contributed by atoms with van der Waals surface area (Å²) < 4.78 is 0. The van der Waals surface area contributed by atoms with Crippen LogP contribution in [0.2, 0.25) is 10.0 Å². The van der Waals surface area contributed by atoms with Crippen LogP contribution >= 0.6 is 23.2 Å². The van der Waals surface area contributed by atoms with Crippen molar-refractivity contribution in [3.8, 4) is 0 Å². The van der Waals surface area contributed by atoms with Crippen LogP contribution in [0.3, 0.4) is 0 Å². The topological polar surface area (TPSA) is 29.3 Å². The fourth-order valence-corrected chi connectivity index (χ4v) is 4.29. The van der Waals surface area contributed by atoms with Gasteiger partial charge in [0.05, 0.1) is 10.0 Å². The maximum atomic E-state index is 6.67. The van der Waals surface area contributed by atoms with E-state index in [1.165, 1.54) is 25.7 Å². The third-order valence-electron chi connectivity index (χ3n) is 5.02. The normalized spacial score (nSPS) is 19.1. The molecule has 1 unspecified atom stereocenters. The SMILES string of the molecule is CCN(CC)C1(C(N)Cc2cccc(Cl)c2Cl)CCCC1. The molecule has 1 aromatic rings. The summed E-state index contributed by atoms with van der Waals surface area (Å²) in [7, 11) is 0. The van der Waals surface area contributed by atoms with E-state index in [1.807, 2.05) is 18.2 Å². The van der Waals surface area contributed by atoms with Crippen molar-refractivity contribution in [2.75, 3.05) is 13.1 Å². The highest BCUT2D eigenvalue weighted by atomic mass is 35.5. The Bertz CT molecular complexity index is 466. The average molecular weight is 329 g/mol. The number of nitrogens with zero attached hydrogens (tertiary/aromatic N) is 1. The summed E-state index contributed by atoms with van der Waals surface area (Å²) in [5, 5.41) is 1.27. The zero-order chi connectivity index (χ0) is 15.5. The number of rotatable bonds is 6. The minimum Gasteiger partial charge on any atom is -0.326 e. The molecule has 2 rings (SSSR count). The van der Waals surface area contributed by atoms with Crippen molar-refractivity contribution in [1.82, 2.24) is 4.90 Å². The second-order valence-corrected chi connectivity index (χ2v) is 6.79. The fraction of sp³-hybridized carbons (Fsp3) is 0.647. The lowest BCUT2D eigenvalue weighted by molar-refractivity contribution is 0.0772. The van der Waals surface area contributed by atoms with Crippen molar-refractivity contribution in [1.29, 1.82) is 0 Å². The molecule has 4 heteroatoms. The molecule has 2 nitrogen and oxygen atoms in total. The number of benzene rings is 1. The van der Waals surface area contributed by atoms with Gasteiger partial charge in [0, 0.05) is 11.6 Å². The number of hydrogen-bond acceptors (Lipinski definition) is 2. The van der Waals surface area contributed by atoms with Gasteiger partial charge >= 0.3 is 0 Å². The van der Waals surface area contributed by atoms with Crippen molar-refractivity contribution in [2.24, 2.45) is 5.73 Å². The Morgan fingerprint density at radius 2 is 1.81 bits per heavy atom. The fourth-order valence-electron chi connectivity index (χ4n) is 3.90. The molecule has 0 saturated heterocycles. The second-order valence-electron chi connectivity index (χ2n) is 6.01. The van der Waals surface area contributed by atoms with E-state index >= 15 is 0 Å². The number of likely N-dealkylation sites (N-methyl/N-ethyl adjacent to an activating group) is 1. The van der Waals surface area contributed by atoms with Crippen LogP contribution in [0.1, 0.15) is 45.1 Å². The van der Waals surface area contributed by atoms with Crippen LogP contribution < -0.4 is 5.73 Å². The van der Waals surface area contributed by atoms with E-state index in [2.05, 4.69) is 18.7 Å². The standard InChI is InChI=1S/C17H26Cl2N2/c1-3-21(4-2)17(10-5-6-11-17)15(20)12-13-8-7-9-14(18)16(13)19/h7-9,15H,3-6,10-12,20H2,1-2H3. The van der Waals surface area contributed by atoms with E-state index in [-0.39, 0.29) is 11.6 Å². The molecule has 0 amide bonds. The van der Waals surface area contributed by atoms with Crippen LogP contribution in [0.4, 0.5) is 0 Å². The smallest absolute Gasteiger partial charge is 0.0624 e. The van der Waals surface area contributed by atoms with Gasteiger partial charge in [-0.3, -0.25) is 4.90 Å². The molecule has 0 heterocycles. The van der Waals surface area contributed by atoms with Gasteiger partial charge in [-0.1, -0.05) is 62.0 Å². The molecular formula is C17H26Cl2N2. The quantitative estimate of drug-likeness (QED) is 0.831. The molecule has 118 valence electrons. The third-order valence-corrected chi connectivity index (χ3v) is 5.88. The summed E-state index contributed by atoms with van der Waals surface area (Å²) >= 11 is 12.5. The molecule has 1 atom stereocenters. The van der Waals surface area contributed by atoms with Gasteiger partial charge in [-0.25, -0.2) is 0 Å². The Hall–Kier alpha value is -0.280. The molecule has 1 saturated carbocycles. The summed E-state index contributed by atoms with van der Waals surface area (Å²) in [6.07, 6.45) is 5.71. The molecular weight excluding hydrogens is 303 g/mol. The summed E-state index contributed by atoms with van der Waals surface area (Å²) in [5.41, 5.74) is 7.86. The molecule has 2 N–H and O–H groups in total. The molecule has 0 aromatic heterocycles. The predicted molar refractivity (Wildman–Crippen MR) is 92.3 cm³/mol. The van der Waals surface area contributed by atoms with Gasteiger partial charge in [0.15, 0.2) is 0 Å². The van der Waals surface area contributed by atoms with E-state index in [1.54, 1.807) is 0 Å². The highest BCUT2D eigenvalue weighted by Crippen LogP contribution is 2.39.